The van der Waals surface area contributed by atoms with E-state index in [4.69, 9.17) is 4.52 Å². The third-order valence-electron chi connectivity index (χ3n) is 4.68. The van der Waals surface area contributed by atoms with E-state index >= 15 is 0 Å². The highest BCUT2D eigenvalue weighted by molar-refractivity contribution is 5.77. The zero-order chi connectivity index (χ0) is 15.5. The Morgan fingerprint density at radius 2 is 2.05 bits per heavy atom. The Morgan fingerprint density at radius 3 is 2.77 bits per heavy atom. The van der Waals surface area contributed by atoms with Crippen LogP contribution in [0.15, 0.2) is 4.52 Å². The highest BCUT2D eigenvalue weighted by Crippen LogP contribution is 2.26. The van der Waals surface area contributed by atoms with Crippen molar-refractivity contribution in [3.63, 3.8) is 0 Å². The monoisotopic (exact) mass is 307 g/mol. The van der Waals surface area contributed by atoms with Gasteiger partial charge in [-0.1, -0.05) is 5.16 Å². The van der Waals surface area contributed by atoms with E-state index in [0.29, 0.717) is 18.9 Å². The number of likely N-dealkylation sites (tertiary alicyclic amines) is 1. The molecule has 122 valence electrons. The number of piperazine rings is 1. The Morgan fingerprint density at radius 1 is 1.27 bits per heavy atom. The maximum atomic E-state index is 11.7. The molecular weight excluding hydrogens is 282 g/mol. The summed E-state index contributed by atoms with van der Waals surface area (Å²) < 4.78 is 5.46. The maximum absolute atomic E-state index is 11.7. The lowest BCUT2D eigenvalue weighted by Gasteiger charge is -2.31. The van der Waals surface area contributed by atoms with Gasteiger partial charge in [-0.2, -0.15) is 4.98 Å². The van der Waals surface area contributed by atoms with Crippen LogP contribution in [0.5, 0.6) is 0 Å². The zero-order valence-electron chi connectivity index (χ0n) is 13.5. The van der Waals surface area contributed by atoms with Gasteiger partial charge in [0, 0.05) is 45.7 Å². The fraction of sp³-hybridized carbons (Fsp3) is 0.800. The van der Waals surface area contributed by atoms with Gasteiger partial charge in [-0.15, -0.1) is 0 Å². The van der Waals surface area contributed by atoms with E-state index in [1.165, 1.54) is 0 Å². The van der Waals surface area contributed by atoms with Crippen molar-refractivity contribution in [3.8, 4) is 0 Å². The van der Waals surface area contributed by atoms with E-state index in [9.17, 15) is 4.79 Å². The normalized spacial score (nSPS) is 24.9. The van der Waals surface area contributed by atoms with Gasteiger partial charge < -0.3 is 14.3 Å². The average Bonchev–Trinajstić information content (AvgIpc) is 2.98. The number of nitrogens with zero attached hydrogens (tertiary/aromatic N) is 5. The van der Waals surface area contributed by atoms with Crippen LogP contribution in [-0.4, -0.2) is 77.1 Å². The predicted molar refractivity (Wildman–Crippen MR) is 81.3 cm³/mol. The molecule has 2 saturated heterocycles. The van der Waals surface area contributed by atoms with Gasteiger partial charge in [0.25, 0.3) is 0 Å². The quantitative estimate of drug-likeness (QED) is 0.809. The number of hydrogen-bond acceptors (Lipinski definition) is 6. The molecule has 0 aliphatic carbocycles. The van der Waals surface area contributed by atoms with Crippen LogP contribution in [-0.2, 0) is 11.3 Å². The molecule has 22 heavy (non-hydrogen) atoms. The van der Waals surface area contributed by atoms with E-state index in [2.05, 4.69) is 27.0 Å². The fourth-order valence-corrected chi connectivity index (χ4v) is 3.13. The van der Waals surface area contributed by atoms with E-state index in [1.54, 1.807) is 0 Å². The van der Waals surface area contributed by atoms with Crippen molar-refractivity contribution in [3.05, 3.63) is 11.7 Å². The number of hydrogen-bond donors (Lipinski definition) is 0. The van der Waals surface area contributed by atoms with Gasteiger partial charge in [0.05, 0.1) is 12.5 Å². The van der Waals surface area contributed by atoms with Crippen molar-refractivity contribution in [1.29, 1.82) is 0 Å². The van der Waals surface area contributed by atoms with Crippen LogP contribution in [0.2, 0.25) is 0 Å². The van der Waals surface area contributed by atoms with Gasteiger partial charge >= 0.3 is 0 Å². The molecule has 1 aromatic heterocycles. The van der Waals surface area contributed by atoms with Gasteiger partial charge in [-0.3, -0.25) is 9.69 Å². The van der Waals surface area contributed by atoms with E-state index in [1.807, 2.05) is 11.8 Å². The maximum Gasteiger partial charge on any atom is 0.231 e. The first-order valence-electron chi connectivity index (χ1n) is 8.17. The first-order chi connectivity index (χ1) is 10.7. The second-order valence-corrected chi connectivity index (χ2v) is 6.30. The van der Waals surface area contributed by atoms with Crippen LogP contribution in [0.1, 0.15) is 37.4 Å². The molecule has 0 N–H and O–H groups in total. The molecule has 1 aromatic rings. The summed E-state index contributed by atoms with van der Waals surface area (Å²) in [4.78, 5) is 22.9. The van der Waals surface area contributed by atoms with Crippen molar-refractivity contribution in [2.24, 2.45) is 0 Å². The van der Waals surface area contributed by atoms with Crippen LogP contribution >= 0.6 is 0 Å². The number of carbonyl (C=O) groups excluding carboxylic acids is 1. The Hall–Kier alpha value is -1.47. The predicted octanol–water partition coefficient (Wildman–Crippen LogP) is 0.543. The minimum atomic E-state index is 0.186. The molecular formula is C15H25N5O2. The number of likely N-dealkylation sites (N-methyl/N-ethyl adjacent to an activating group) is 2. The third-order valence-corrected chi connectivity index (χ3v) is 4.68. The Bertz CT molecular complexity index is 510. The Kier molecular flexibility index (Phi) is 4.73. The van der Waals surface area contributed by atoms with Crippen LogP contribution in [0.3, 0.4) is 0 Å². The summed E-state index contributed by atoms with van der Waals surface area (Å²) in [6, 6.07) is 0. The molecule has 2 fully saturated rings. The van der Waals surface area contributed by atoms with E-state index in [0.717, 1.165) is 51.5 Å². The lowest BCUT2D eigenvalue weighted by Crippen LogP contribution is -2.44. The second kappa shape index (κ2) is 6.75. The van der Waals surface area contributed by atoms with Crippen molar-refractivity contribution in [2.75, 3.05) is 46.3 Å². The molecule has 1 amide bonds. The molecule has 3 heterocycles. The van der Waals surface area contributed by atoms with Crippen molar-refractivity contribution in [2.45, 2.75) is 32.2 Å². The van der Waals surface area contributed by atoms with Crippen molar-refractivity contribution < 1.29 is 9.32 Å². The summed E-state index contributed by atoms with van der Waals surface area (Å²) in [5.41, 5.74) is 0. The van der Waals surface area contributed by atoms with Gasteiger partial charge in [-0.05, 0) is 20.4 Å². The largest absolute Gasteiger partial charge is 0.342 e. The summed E-state index contributed by atoms with van der Waals surface area (Å²) in [6.07, 6.45) is 1.39. The smallest absolute Gasteiger partial charge is 0.231 e. The topological polar surface area (TPSA) is 65.7 Å². The van der Waals surface area contributed by atoms with Gasteiger partial charge in [-0.25, -0.2) is 0 Å². The lowest BCUT2D eigenvalue weighted by molar-refractivity contribution is -0.133. The highest BCUT2D eigenvalue weighted by atomic mass is 16.5. The molecule has 7 heteroatoms. The Labute approximate surface area is 131 Å². The molecule has 0 unspecified atom stereocenters. The van der Waals surface area contributed by atoms with E-state index in [-0.39, 0.29) is 11.8 Å². The molecule has 2 aliphatic heterocycles. The third kappa shape index (κ3) is 3.47. The first-order valence-corrected chi connectivity index (χ1v) is 8.17. The lowest BCUT2D eigenvalue weighted by atomic mass is 9.97. The molecule has 7 nitrogen and oxygen atoms in total. The standard InChI is InChI=1S/C15H25N5O2/c1-3-20-10-12(4-5-14(20)21)15-16-13(17-22-15)11-19-8-6-18(2)7-9-19/h12H,3-11H2,1-2H3/t12-/m0/s1. The molecule has 2 aliphatic rings. The summed E-state index contributed by atoms with van der Waals surface area (Å²) in [5.74, 6) is 1.87. The minimum absolute atomic E-state index is 0.186. The summed E-state index contributed by atoms with van der Waals surface area (Å²) in [7, 11) is 2.15. The number of piperidine rings is 1. The number of carbonyl (C=O) groups is 1. The molecule has 1 atom stereocenters. The molecule has 0 bridgehead atoms. The van der Waals surface area contributed by atoms with Crippen LogP contribution in [0.25, 0.3) is 0 Å². The Balaban J connectivity index is 1.58. The minimum Gasteiger partial charge on any atom is -0.342 e. The van der Waals surface area contributed by atoms with Crippen LogP contribution in [0.4, 0.5) is 0 Å². The fourth-order valence-electron chi connectivity index (χ4n) is 3.13. The van der Waals surface area contributed by atoms with Crippen molar-refractivity contribution in [1.82, 2.24) is 24.8 Å². The summed E-state index contributed by atoms with van der Waals surface area (Å²) in [5, 5.41) is 4.13. The number of amides is 1. The second-order valence-electron chi connectivity index (χ2n) is 6.30. The molecule has 0 aromatic carbocycles. The summed E-state index contributed by atoms with van der Waals surface area (Å²) in [6.45, 7) is 8.46. The van der Waals surface area contributed by atoms with Gasteiger partial charge in [0.15, 0.2) is 5.82 Å². The first kappa shape index (κ1) is 15.4. The summed E-state index contributed by atoms with van der Waals surface area (Å²) >= 11 is 0. The van der Waals surface area contributed by atoms with Gasteiger partial charge in [0.2, 0.25) is 11.8 Å². The zero-order valence-corrected chi connectivity index (χ0v) is 13.5. The van der Waals surface area contributed by atoms with Crippen LogP contribution in [0, 0.1) is 0 Å². The SMILES string of the molecule is CCN1C[C@@H](c2nc(CN3CCN(C)CC3)no2)CCC1=O. The molecule has 0 radical (unpaired) electrons. The average molecular weight is 307 g/mol. The molecule has 0 spiro atoms. The number of aromatic nitrogens is 2. The van der Waals surface area contributed by atoms with Crippen LogP contribution < -0.4 is 0 Å². The molecule has 0 saturated carbocycles. The number of rotatable bonds is 4. The molecule has 3 rings (SSSR count). The van der Waals surface area contributed by atoms with E-state index < -0.39 is 0 Å². The highest BCUT2D eigenvalue weighted by Gasteiger charge is 2.29. The van der Waals surface area contributed by atoms with Gasteiger partial charge in [0.1, 0.15) is 0 Å². The van der Waals surface area contributed by atoms with Crippen molar-refractivity contribution >= 4 is 5.91 Å².